The molecule has 0 aliphatic carbocycles. The van der Waals surface area contributed by atoms with E-state index in [1.165, 1.54) is 0 Å². The molecule has 0 bridgehead atoms. The van der Waals surface area contributed by atoms with Gasteiger partial charge in [-0.3, -0.25) is 0 Å². The lowest BCUT2D eigenvalue weighted by molar-refractivity contribution is 0.244. The molecule has 0 saturated heterocycles. The maximum absolute atomic E-state index is 11.7. The molecule has 0 atom stereocenters. The number of hydrogen-bond acceptors (Lipinski definition) is 2. The Bertz CT molecular complexity index is 652. The third-order valence-corrected chi connectivity index (χ3v) is 3.75. The molecule has 0 unspecified atom stereocenters. The van der Waals surface area contributed by atoms with Gasteiger partial charge >= 0.3 is 6.03 Å². The van der Waals surface area contributed by atoms with E-state index in [2.05, 4.69) is 26.6 Å². The molecule has 120 valence electrons. The van der Waals surface area contributed by atoms with Gasteiger partial charge in [-0.25, -0.2) is 4.79 Å². The minimum absolute atomic E-state index is 0.216. The lowest BCUT2D eigenvalue weighted by atomic mass is 10.1. The summed E-state index contributed by atoms with van der Waals surface area (Å²) in [6.07, 6.45) is 4.25. The van der Waals surface area contributed by atoms with Gasteiger partial charge in [-0.1, -0.05) is 40.2 Å². The van der Waals surface area contributed by atoms with Gasteiger partial charge in [0.25, 0.3) is 0 Å². The summed E-state index contributed by atoms with van der Waals surface area (Å²) < 4.78 is 6.14. The molecule has 0 saturated carbocycles. The number of hydrogen-bond donors (Lipinski definition) is 2. The molecule has 5 heteroatoms. The summed E-state index contributed by atoms with van der Waals surface area (Å²) in [7, 11) is 1.64. The van der Waals surface area contributed by atoms with Crippen molar-refractivity contribution in [1.82, 2.24) is 10.6 Å². The number of nitrogens with one attached hydrogen (secondary N) is 2. The topological polar surface area (TPSA) is 50.4 Å². The van der Waals surface area contributed by atoms with E-state index in [1.807, 2.05) is 54.6 Å². The number of methoxy groups -OCH3 is 1. The highest BCUT2D eigenvalue weighted by molar-refractivity contribution is 9.10. The highest BCUT2D eigenvalue weighted by Crippen LogP contribution is 2.12. The molecule has 2 aromatic rings. The van der Waals surface area contributed by atoms with Crippen LogP contribution in [-0.4, -0.2) is 19.7 Å². The van der Waals surface area contributed by atoms with E-state index in [0.29, 0.717) is 6.54 Å². The van der Waals surface area contributed by atoms with E-state index in [9.17, 15) is 4.79 Å². The highest BCUT2D eigenvalue weighted by Gasteiger charge is 1.98. The highest BCUT2D eigenvalue weighted by atomic mass is 79.9. The van der Waals surface area contributed by atoms with Crippen LogP contribution in [0.5, 0.6) is 5.75 Å². The van der Waals surface area contributed by atoms with E-state index in [1.54, 1.807) is 13.3 Å². The first kappa shape index (κ1) is 17.1. The minimum Gasteiger partial charge on any atom is -0.497 e. The van der Waals surface area contributed by atoms with Crippen molar-refractivity contribution in [3.63, 3.8) is 0 Å². The lowest BCUT2D eigenvalue weighted by Gasteiger charge is -2.06. The SMILES string of the molecule is COc1ccc(CCNC(=O)N/C=C/c2ccc(Br)cc2)cc1. The van der Waals surface area contributed by atoms with Crippen molar-refractivity contribution >= 4 is 28.0 Å². The van der Waals surface area contributed by atoms with Crippen LogP contribution in [-0.2, 0) is 6.42 Å². The van der Waals surface area contributed by atoms with Gasteiger partial charge in [0, 0.05) is 17.2 Å². The number of carbonyl (C=O) groups is 1. The van der Waals surface area contributed by atoms with E-state index in [4.69, 9.17) is 4.74 Å². The third-order valence-electron chi connectivity index (χ3n) is 3.22. The Kier molecular flexibility index (Phi) is 6.69. The molecule has 0 aliphatic heterocycles. The van der Waals surface area contributed by atoms with Gasteiger partial charge in [-0.2, -0.15) is 0 Å². The van der Waals surface area contributed by atoms with E-state index in [-0.39, 0.29) is 6.03 Å². The molecule has 2 amide bonds. The van der Waals surface area contributed by atoms with Crippen LogP contribution in [0.4, 0.5) is 4.79 Å². The Morgan fingerprint density at radius 3 is 2.48 bits per heavy atom. The quantitative estimate of drug-likeness (QED) is 0.803. The Morgan fingerprint density at radius 2 is 1.83 bits per heavy atom. The first-order valence-electron chi connectivity index (χ1n) is 7.27. The molecule has 0 radical (unpaired) electrons. The molecule has 0 heterocycles. The standard InChI is InChI=1S/C18H19BrN2O2/c1-23-17-8-4-15(5-9-17)11-13-21-18(22)20-12-10-14-2-6-16(19)7-3-14/h2-10,12H,11,13H2,1H3,(H2,20,21,22)/b12-10+. The summed E-state index contributed by atoms with van der Waals surface area (Å²) in [5, 5.41) is 5.50. The number of carbonyl (C=O) groups excluding carboxylic acids is 1. The number of urea groups is 1. The zero-order valence-corrected chi connectivity index (χ0v) is 14.5. The lowest BCUT2D eigenvalue weighted by Crippen LogP contribution is -2.33. The molecular formula is C18H19BrN2O2. The summed E-state index contributed by atoms with van der Waals surface area (Å²) >= 11 is 3.38. The number of ether oxygens (including phenoxy) is 1. The monoisotopic (exact) mass is 374 g/mol. The van der Waals surface area contributed by atoms with Crippen molar-refractivity contribution < 1.29 is 9.53 Å². The van der Waals surface area contributed by atoms with Crippen molar-refractivity contribution in [1.29, 1.82) is 0 Å². The second-order valence-electron chi connectivity index (χ2n) is 4.88. The first-order valence-corrected chi connectivity index (χ1v) is 8.06. The molecule has 2 N–H and O–H groups in total. The van der Waals surface area contributed by atoms with Crippen LogP contribution in [0.3, 0.4) is 0 Å². The van der Waals surface area contributed by atoms with Crippen LogP contribution in [0, 0.1) is 0 Å². The van der Waals surface area contributed by atoms with Crippen LogP contribution in [0.15, 0.2) is 59.2 Å². The zero-order valence-electron chi connectivity index (χ0n) is 12.9. The van der Waals surface area contributed by atoms with E-state index < -0.39 is 0 Å². The summed E-state index contributed by atoms with van der Waals surface area (Å²) in [6.45, 7) is 0.574. The maximum atomic E-state index is 11.7. The van der Waals surface area contributed by atoms with Crippen LogP contribution in [0.1, 0.15) is 11.1 Å². The van der Waals surface area contributed by atoms with Crippen LogP contribution >= 0.6 is 15.9 Å². The van der Waals surface area contributed by atoms with Gasteiger partial charge in [0.1, 0.15) is 5.75 Å². The number of halogens is 1. The van der Waals surface area contributed by atoms with Gasteiger partial charge in [0.15, 0.2) is 0 Å². The fourth-order valence-corrected chi connectivity index (χ4v) is 2.22. The summed E-state index contributed by atoms with van der Waals surface area (Å²) in [4.78, 5) is 11.7. The molecule has 4 nitrogen and oxygen atoms in total. The molecule has 0 aliphatic rings. The molecular weight excluding hydrogens is 356 g/mol. The normalized spacial score (nSPS) is 10.5. The van der Waals surface area contributed by atoms with Crippen molar-refractivity contribution in [3.8, 4) is 5.75 Å². The predicted octanol–water partition coefficient (Wildman–Crippen LogP) is 3.97. The van der Waals surface area contributed by atoms with Crippen molar-refractivity contribution in [3.05, 3.63) is 70.3 Å². The largest absolute Gasteiger partial charge is 0.497 e. The molecule has 0 aromatic heterocycles. The van der Waals surface area contributed by atoms with Crippen LogP contribution in [0.25, 0.3) is 6.08 Å². The molecule has 0 fully saturated rings. The number of benzene rings is 2. The fourth-order valence-electron chi connectivity index (χ4n) is 1.95. The average molecular weight is 375 g/mol. The molecule has 0 spiro atoms. The third kappa shape index (κ3) is 6.16. The van der Waals surface area contributed by atoms with Gasteiger partial charge in [0.2, 0.25) is 0 Å². The summed E-state index contributed by atoms with van der Waals surface area (Å²) in [5.41, 5.74) is 2.17. The Morgan fingerprint density at radius 1 is 1.13 bits per heavy atom. The number of rotatable bonds is 6. The fraction of sp³-hybridized carbons (Fsp3) is 0.167. The van der Waals surface area contributed by atoms with Gasteiger partial charge < -0.3 is 15.4 Å². The average Bonchev–Trinajstić information content (AvgIpc) is 2.57. The van der Waals surface area contributed by atoms with Crippen molar-refractivity contribution in [2.45, 2.75) is 6.42 Å². The van der Waals surface area contributed by atoms with Gasteiger partial charge in [-0.15, -0.1) is 0 Å². The van der Waals surface area contributed by atoms with Crippen LogP contribution in [0.2, 0.25) is 0 Å². The second-order valence-corrected chi connectivity index (χ2v) is 5.80. The van der Waals surface area contributed by atoms with Gasteiger partial charge in [0.05, 0.1) is 7.11 Å². The van der Waals surface area contributed by atoms with E-state index in [0.717, 1.165) is 27.8 Å². The van der Waals surface area contributed by atoms with Crippen molar-refractivity contribution in [2.24, 2.45) is 0 Å². The van der Waals surface area contributed by atoms with E-state index >= 15 is 0 Å². The Balaban J connectivity index is 1.69. The van der Waals surface area contributed by atoms with Gasteiger partial charge in [-0.05, 0) is 47.9 Å². The molecule has 2 aromatic carbocycles. The second kappa shape index (κ2) is 9.00. The molecule has 23 heavy (non-hydrogen) atoms. The smallest absolute Gasteiger partial charge is 0.318 e. The Labute approximate surface area is 144 Å². The summed E-state index contributed by atoms with van der Waals surface area (Å²) in [5.74, 6) is 0.831. The Hall–Kier alpha value is -2.27. The summed E-state index contributed by atoms with van der Waals surface area (Å²) in [6, 6.07) is 15.4. The molecule has 2 rings (SSSR count). The predicted molar refractivity (Wildman–Crippen MR) is 96.4 cm³/mol. The number of amides is 2. The van der Waals surface area contributed by atoms with Crippen molar-refractivity contribution in [2.75, 3.05) is 13.7 Å². The first-order chi connectivity index (χ1) is 11.2. The zero-order chi connectivity index (χ0) is 16.5. The minimum atomic E-state index is -0.216. The maximum Gasteiger partial charge on any atom is 0.318 e. The van der Waals surface area contributed by atoms with Crippen LogP contribution < -0.4 is 15.4 Å².